The molecule has 25 heavy (non-hydrogen) atoms. The predicted octanol–water partition coefficient (Wildman–Crippen LogP) is 0.651. The fourth-order valence-corrected chi connectivity index (χ4v) is 3.95. The van der Waals surface area contributed by atoms with E-state index in [1.807, 2.05) is 4.90 Å². The number of hydrogen-bond acceptors (Lipinski definition) is 6. The van der Waals surface area contributed by atoms with Gasteiger partial charge in [-0.2, -0.15) is 0 Å². The van der Waals surface area contributed by atoms with Crippen molar-refractivity contribution < 1.29 is 19.1 Å². The summed E-state index contributed by atoms with van der Waals surface area (Å²) < 4.78 is 10.5. The molecule has 1 aromatic carbocycles. The van der Waals surface area contributed by atoms with Crippen molar-refractivity contribution in [2.45, 2.75) is 6.04 Å². The summed E-state index contributed by atoms with van der Waals surface area (Å²) in [6.07, 6.45) is 0. The monoisotopic (exact) mass is 365 g/mol. The third-order valence-electron chi connectivity index (χ3n) is 4.49. The molecule has 2 amide bonds. The van der Waals surface area contributed by atoms with Crippen LogP contribution in [0.25, 0.3) is 0 Å². The van der Waals surface area contributed by atoms with Gasteiger partial charge >= 0.3 is 0 Å². The molecule has 2 saturated heterocycles. The fraction of sp³-hybridized carbons (Fsp3) is 0.529. The highest BCUT2D eigenvalue weighted by molar-refractivity contribution is 7.99. The van der Waals surface area contributed by atoms with Crippen LogP contribution in [0.3, 0.4) is 0 Å². The number of carbonyl (C=O) groups excluding carboxylic acids is 2. The number of thioether (sulfide) groups is 1. The maximum Gasteiger partial charge on any atom is 0.254 e. The minimum absolute atomic E-state index is 0.0705. The summed E-state index contributed by atoms with van der Waals surface area (Å²) in [6, 6.07) is 5.07. The Morgan fingerprint density at radius 3 is 2.16 bits per heavy atom. The lowest BCUT2D eigenvalue weighted by Crippen LogP contribution is -2.54. The zero-order valence-electron chi connectivity index (χ0n) is 14.5. The van der Waals surface area contributed by atoms with Crippen LogP contribution >= 0.6 is 11.8 Å². The first kappa shape index (κ1) is 17.9. The Morgan fingerprint density at radius 1 is 1.04 bits per heavy atom. The van der Waals surface area contributed by atoms with Crippen LogP contribution in [0.15, 0.2) is 18.2 Å². The second-order valence-electron chi connectivity index (χ2n) is 5.99. The van der Waals surface area contributed by atoms with Crippen LogP contribution in [0, 0.1) is 0 Å². The van der Waals surface area contributed by atoms with Crippen molar-refractivity contribution in [1.82, 2.24) is 15.1 Å². The van der Waals surface area contributed by atoms with Crippen LogP contribution in [0.4, 0.5) is 0 Å². The molecule has 2 aliphatic heterocycles. The molecule has 0 aromatic heterocycles. The lowest BCUT2D eigenvalue weighted by Gasteiger charge is -2.36. The number of carbonyl (C=O) groups is 2. The summed E-state index contributed by atoms with van der Waals surface area (Å²) in [7, 11) is 3.12. The van der Waals surface area contributed by atoms with Gasteiger partial charge in [0.25, 0.3) is 5.91 Å². The van der Waals surface area contributed by atoms with Gasteiger partial charge in [-0.25, -0.2) is 0 Å². The van der Waals surface area contributed by atoms with Gasteiger partial charge in [0.15, 0.2) is 0 Å². The summed E-state index contributed by atoms with van der Waals surface area (Å²) in [4.78, 5) is 28.8. The number of methoxy groups -OCH3 is 2. The van der Waals surface area contributed by atoms with Gasteiger partial charge in [0.2, 0.25) is 5.91 Å². The van der Waals surface area contributed by atoms with Crippen molar-refractivity contribution in [3.63, 3.8) is 0 Å². The Kier molecular flexibility index (Phi) is 5.70. The summed E-state index contributed by atoms with van der Waals surface area (Å²) >= 11 is 1.74. The van der Waals surface area contributed by atoms with E-state index in [-0.39, 0.29) is 17.9 Å². The average Bonchev–Trinajstić information content (AvgIpc) is 3.21. The lowest BCUT2D eigenvalue weighted by atomic mass is 10.1. The van der Waals surface area contributed by atoms with Crippen molar-refractivity contribution in [3.8, 4) is 11.5 Å². The topological polar surface area (TPSA) is 71.1 Å². The van der Waals surface area contributed by atoms with Gasteiger partial charge in [0.05, 0.1) is 20.3 Å². The molecule has 0 radical (unpaired) electrons. The molecule has 0 saturated carbocycles. The van der Waals surface area contributed by atoms with E-state index >= 15 is 0 Å². The highest BCUT2D eigenvalue weighted by Gasteiger charge is 2.31. The Bertz CT molecular complexity index is 619. The molecule has 136 valence electrons. The Morgan fingerprint density at radius 2 is 1.64 bits per heavy atom. The van der Waals surface area contributed by atoms with Crippen molar-refractivity contribution in [2.24, 2.45) is 0 Å². The summed E-state index contributed by atoms with van der Waals surface area (Å²) in [6.45, 7) is 2.19. The fourth-order valence-electron chi connectivity index (χ4n) is 3.02. The van der Waals surface area contributed by atoms with Gasteiger partial charge in [0.1, 0.15) is 11.5 Å². The molecule has 2 aliphatic rings. The molecule has 1 N–H and O–H groups in total. The van der Waals surface area contributed by atoms with E-state index in [0.29, 0.717) is 43.2 Å². The molecule has 8 heteroatoms. The standard InChI is InChI=1S/C17H23N3O4S/c1-23-13-7-12(8-14(9-13)24-2)16(21)19-3-5-20(6-4-19)17(22)15-10-25-11-18-15/h7-9,15,18H,3-6,10-11H2,1-2H3. The molecule has 2 fully saturated rings. The largest absolute Gasteiger partial charge is 0.497 e. The van der Waals surface area contributed by atoms with Gasteiger partial charge in [-0.1, -0.05) is 0 Å². The van der Waals surface area contributed by atoms with Gasteiger partial charge in [-0.3, -0.25) is 14.9 Å². The third kappa shape index (κ3) is 4.01. The number of ether oxygens (including phenoxy) is 2. The number of hydrogen-bond donors (Lipinski definition) is 1. The molecule has 7 nitrogen and oxygen atoms in total. The van der Waals surface area contributed by atoms with E-state index in [2.05, 4.69) is 5.32 Å². The molecule has 1 atom stereocenters. The second-order valence-corrected chi connectivity index (χ2v) is 7.02. The zero-order chi connectivity index (χ0) is 17.8. The van der Waals surface area contributed by atoms with E-state index in [1.165, 1.54) is 0 Å². The first-order chi connectivity index (χ1) is 12.1. The maximum atomic E-state index is 12.8. The number of piperazine rings is 1. The van der Waals surface area contributed by atoms with Gasteiger partial charge in [-0.05, 0) is 12.1 Å². The number of benzene rings is 1. The number of nitrogens with zero attached hydrogens (tertiary/aromatic N) is 2. The van der Waals surface area contributed by atoms with Crippen molar-refractivity contribution >= 4 is 23.6 Å². The average molecular weight is 365 g/mol. The Balaban J connectivity index is 1.62. The first-order valence-electron chi connectivity index (χ1n) is 8.24. The van der Waals surface area contributed by atoms with E-state index in [0.717, 1.165) is 11.6 Å². The predicted molar refractivity (Wildman–Crippen MR) is 96.3 cm³/mol. The smallest absolute Gasteiger partial charge is 0.254 e. The zero-order valence-corrected chi connectivity index (χ0v) is 15.3. The lowest BCUT2D eigenvalue weighted by molar-refractivity contribution is -0.134. The SMILES string of the molecule is COc1cc(OC)cc(C(=O)N2CCN(C(=O)C3CSCN3)CC2)c1. The normalized spacial score (nSPS) is 20.5. The second kappa shape index (κ2) is 7.97. The van der Waals surface area contributed by atoms with E-state index in [1.54, 1.807) is 49.1 Å². The molecule has 1 unspecified atom stereocenters. The van der Waals surface area contributed by atoms with Gasteiger partial charge in [0, 0.05) is 49.4 Å². The van der Waals surface area contributed by atoms with Crippen LogP contribution in [0.1, 0.15) is 10.4 Å². The number of rotatable bonds is 4. The summed E-state index contributed by atoms with van der Waals surface area (Å²) in [5.74, 6) is 2.88. The Hall–Kier alpha value is -1.93. The summed E-state index contributed by atoms with van der Waals surface area (Å²) in [5, 5.41) is 3.20. The minimum Gasteiger partial charge on any atom is -0.497 e. The molecule has 0 bridgehead atoms. The van der Waals surface area contributed by atoms with Crippen LogP contribution in [-0.2, 0) is 4.79 Å². The molecular formula is C17H23N3O4S. The van der Waals surface area contributed by atoms with Crippen molar-refractivity contribution in [3.05, 3.63) is 23.8 Å². The molecule has 1 aromatic rings. The summed E-state index contributed by atoms with van der Waals surface area (Å²) in [5.41, 5.74) is 0.532. The third-order valence-corrected chi connectivity index (χ3v) is 5.43. The molecule has 3 rings (SSSR count). The quantitative estimate of drug-likeness (QED) is 0.845. The molecule has 0 aliphatic carbocycles. The number of nitrogens with one attached hydrogen (secondary N) is 1. The number of amides is 2. The Labute approximate surface area is 151 Å². The van der Waals surface area contributed by atoms with E-state index in [9.17, 15) is 9.59 Å². The molecular weight excluding hydrogens is 342 g/mol. The van der Waals surface area contributed by atoms with Crippen molar-refractivity contribution in [1.29, 1.82) is 0 Å². The van der Waals surface area contributed by atoms with E-state index in [4.69, 9.17) is 9.47 Å². The molecule has 2 heterocycles. The highest BCUT2D eigenvalue weighted by atomic mass is 32.2. The highest BCUT2D eigenvalue weighted by Crippen LogP contribution is 2.24. The maximum absolute atomic E-state index is 12.8. The van der Waals surface area contributed by atoms with Crippen LogP contribution in [-0.4, -0.2) is 79.7 Å². The molecule has 0 spiro atoms. The van der Waals surface area contributed by atoms with Crippen molar-refractivity contribution in [2.75, 3.05) is 52.0 Å². The van der Waals surface area contributed by atoms with Crippen LogP contribution in [0.5, 0.6) is 11.5 Å². The van der Waals surface area contributed by atoms with Crippen LogP contribution in [0.2, 0.25) is 0 Å². The van der Waals surface area contributed by atoms with E-state index < -0.39 is 0 Å². The van der Waals surface area contributed by atoms with Gasteiger partial charge < -0.3 is 19.3 Å². The minimum atomic E-state index is -0.0881. The first-order valence-corrected chi connectivity index (χ1v) is 9.40. The van der Waals surface area contributed by atoms with Crippen LogP contribution < -0.4 is 14.8 Å². The van der Waals surface area contributed by atoms with Gasteiger partial charge in [-0.15, -0.1) is 11.8 Å².